The van der Waals surface area contributed by atoms with Gasteiger partial charge < -0.3 is 19.5 Å². The van der Waals surface area contributed by atoms with E-state index in [1.165, 1.54) is 6.33 Å². The average Bonchev–Trinajstić information content (AvgIpc) is 3.47. The SMILES string of the molecule is C.Cc1cc(N=S2(=O)CCCC2)cc2ncnc(Nc3cccnc3O[C@H]3COC[C@H]3OCCF)c12. The van der Waals surface area contributed by atoms with Crippen molar-refractivity contribution in [2.75, 3.05) is 43.3 Å². The number of nitrogens with zero attached hydrogens (tertiary/aromatic N) is 4. The van der Waals surface area contributed by atoms with Crippen LogP contribution in [0.3, 0.4) is 0 Å². The summed E-state index contributed by atoms with van der Waals surface area (Å²) in [6, 6.07) is 7.41. The first-order valence-corrected chi connectivity index (χ1v) is 13.5. The Morgan fingerprint density at radius 2 is 2.00 bits per heavy atom. The van der Waals surface area contributed by atoms with Gasteiger partial charge in [0.15, 0.2) is 6.10 Å². The van der Waals surface area contributed by atoms with Crippen molar-refractivity contribution in [1.29, 1.82) is 0 Å². The molecule has 2 aliphatic heterocycles. The molecule has 3 aromatic rings. The number of fused-ring (bicyclic) bond motifs is 1. The molecule has 2 aromatic heterocycles. The molecule has 0 amide bonds. The van der Waals surface area contributed by atoms with Crippen LogP contribution in [-0.4, -0.2) is 69.4 Å². The molecule has 4 heterocycles. The number of aromatic nitrogens is 3. The Kier molecular flexibility index (Phi) is 8.32. The minimum Gasteiger partial charge on any atom is -0.468 e. The Labute approximate surface area is 211 Å². The van der Waals surface area contributed by atoms with Crippen molar-refractivity contribution >= 4 is 37.8 Å². The van der Waals surface area contributed by atoms with Crippen LogP contribution in [-0.2, 0) is 19.2 Å². The fourth-order valence-electron chi connectivity index (χ4n) is 4.39. The zero-order chi connectivity index (χ0) is 24.3. The fourth-order valence-corrected chi connectivity index (χ4v) is 6.58. The zero-order valence-electron chi connectivity index (χ0n) is 19.5. The lowest BCUT2D eigenvalue weighted by molar-refractivity contribution is -0.00636. The van der Waals surface area contributed by atoms with Gasteiger partial charge in [-0.25, -0.2) is 23.6 Å². The summed E-state index contributed by atoms with van der Waals surface area (Å²) in [5, 5.41) is 4.15. The molecule has 1 N–H and O–H groups in total. The molecule has 9 nitrogen and oxygen atoms in total. The van der Waals surface area contributed by atoms with Gasteiger partial charge in [-0.3, -0.25) is 0 Å². The van der Waals surface area contributed by atoms with Crippen LogP contribution in [0.2, 0.25) is 0 Å². The van der Waals surface area contributed by atoms with Gasteiger partial charge in [-0.2, -0.15) is 4.36 Å². The Bertz CT molecular complexity index is 1320. The van der Waals surface area contributed by atoms with E-state index in [-0.39, 0.29) is 20.1 Å². The van der Waals surface area contributed by atoms with Crippen molar-refractivity contribution in [2.24, 2.45) is 4.36 Å². The molecule has 0 bridgehead atoms. The summed E-state index contributed by atoms with van der Waals surface area (Å²) >= 11 is 0. The highest BCUT2D eigenvalue weighted by Crippen LogP contribution is 2.33. The number of anilines is 2. The molecule has 194 valence electrons. The van der Waals surface area contributed by atoms with Crippen LogP contribution < -0.4 is 10.1 Å². The summed E-state index contributed by atoms with van der Waals surface area (Å²) in [4.78, 5) is 13.3. The van der Waals surface area contributed by atoms with E-state index >= 15 is 0 Å². The van der Waals surface area contributed by atoms with Crippen molar-refractivity contribution < 1.29 is 22.8 Å². The maximum absolute atomic E-state index is 12.9. The molecular weight excluding hydrogens is 485 g/mol. The molecule has 5 rings (SSSR count). The molecule has 0 saturated carbocycles. The normalized spacial score (nSPS) is 20.7. The van der Waals surface area contributed by atoms with E-state index < -0.39 is 22.5 Å². The molecular formula is C25H32FN5O4S. The van der Waals surface area contributed by atoms with Gasteiger partial charge in [-0.05, 0) is 49.6 Å². The lowest BCUT2D eigenvalue weighted by Crippen LogP contribution is -2.33. The molecule has 2 fully saturated rings. The average molecular weight is 518 g/mol. The molecule has 0 unspecified atom stereocenters. The monoisotopic (exact) mass is 517 g/mol. The first-order valence-electron chi connectivity index (χ1n) is 11.7. The molecule has 2 atom stereocenters. The Morgan fingerprint density at radius 3 is 2.81 bits per heavy atom. The molecule has 0 spiro atoms. The molecule has 2 saturated heterocycles. The highest BCUT2D eigenvalue weighted by atomic mass is 32.2. The number of pyridine rings is 1. The summed E-state index contributed by atoms with van der Waals surface area (Å²) < 4.78 is 47.1. The molecule has 2 aliphatic rings. The van der Waals surface area contributed by atoms with Crippen LogP contribution in [0.1, 0.15) is 25.8 Å². The minimum atomic E-state index is -2.18. The van der Waals surface area contributed by atoms with E-state index in [0.717, 1.165) is 23.8 Å². The summed E-state index contributed by atoms with van der Waals surface area (Å²) in [6.07, 6.45) is 4.26. The maximum Gasteiger partial charge on any atom is 0.238 e. The first kappa shape index (κ1) is 26.2. The number of rotatable bonds is 8. The Balaban J connectivity index is 0.00000304. The summed E-state index contributed by atoms with van der Waals surface area (Å²) in [6.45, 7) is 2.07. The topological polar surface area (TPSA) is 108 Å². The third-order valence-corrected chi connectivity index (χ3v) is 8.44. The standard InChI is InChI=1S/C24H28FN5O4S.CH4/c1-16-11-17(30-35(31)9-2-3-10-35)12-19-22(16)23(28-15-27-19)29-18-5-4-7-26-24(18)34-21-14-32-13-20(21)33-8-6-25;/h4-5,7,11-12,15,20-21H,2-3,6,8-10,13-14H2,1H3,(H,27,28,29);1H4/t20-,21+;/m1./s1. The second-order valence-electron chi connectivity index (χ2n) is 8.63. The zero-order valence-corrected chi connectivity index (χ0v) is 20.3. The van der Waals surface area contributed by atoms with E-state index in [1.54, 1.807) is 12.3 Å². The Morgan fingerprint density at radius 1 is 1.19 bits per heavy atom. The number of ether oxygens (including phenoxy) is 3. The number of halogens is 1. The predicted octanol–water partition coefficient (Wildman–Crippen LogP) is 4.74. The van der Waals surface area contributed by atoms with Crippen molar-refractivity contribution in [3.63, 3.8) is 0 Å². The summed E-state index contributed by atoms with van der Waals surface area (Å²) in [5.74, 6) is 2.26. The van der Waals surface area contributed by atoms with Gasteiger partial charge in [0.05, 0.1) is 40.8 Å². The quantitative estimate of drug-likeness (QED) is 0.457. The van der Waals surface area contributed by atoms with Gasteiger partial charge >= 0.3 is 0 Å². The van der Waals surface area contributed by atoms with Gasteiger partial charge in [-0.15, -0.1) is 0 Å². The first-order chi connectivity index (χ1) is 17.0. The number of nitrogens with one attached hydrogen (secondary N) is 1. The summed E-state index contributed by atoms with van der Waals surface area (Å²) in [7, 11) is -2.18. The van der Waals surface area contributed by atoms with Gasteiger partial charge in [-0.1, -0.05) is 7.43 Å². The van der Waals surface area contributed by atoms with Crippen LogP contribution in [0.4, 0.5) is 21.6 Å². The predicted molar refractivity (Wildman–Crippen MR) is 139 cm³/mol. The van der Waals surface area contributed by atoms with Crippen LogP contribution in [0.15, 0.2) is 41.2 Å². The molecule has 0 radical (unpaired) electrons. The smallest absolute Gasteiger partial charge is 0.238 e. The lowest BCUT2D eigenvalue weighted by Gasteiger charge is -2.20. The third-order valence-electron chi connectivity index (χ3n) is 6.04. The van der Waals surface area contributed by atoms with Gasteiger partial charge in [0, 0.05) is 23.1 Å². The van der Waals surface area contributed by atoms with E-state index in [1.807, 2.05) is 25.1 Å². The highest BCUT2D eigenvalue weighted by molar-refractivity contribution is 7.93. The largest absolute Gasteiger partial charge is 0.468 e. The maximum atomic E-state index is 12.9. The Hall–Kier alpha value is -2.89. The minimum absolute atomic E-state index is 0. The number of hydrogen-bond donors (Lipinski definition) is 1. The van der Waals surface area contributed by atoms with Crippen LogP contribution >= 0.6 is 0 Å². The van der Waals surface area contributed by atoms with E-state index in [9.17, 15) is 8.60 Å². The van der Waals surface area contributed by atoms with Crippen molar-refractivity contribution in [2.45, 2.75) is 39.4 Å². The van der Waals surface area contributed by atoms with Crippen LogP contribution in [0.25, 0.3) is 10.9 Å². The second kappa shape index (κ2) is 11.4. The van der Waals surface area contributed by atoms with E-state index in [4.69, 9.17) is 14.2 Å². The highest BCUT2D eigenvalue weighted by Gasteiger charge is 2.32. The number of hydrogen-bond acceptors (Lipinski definition) is 9. The van der Waals surface area contributed by atoms with Gasteiger partial charge in [0.25, 0.3) is 0 Å². The van der Waals surface area contributed by atoms with Crippen molar-refractivity contribution in [1.82, 2.24) is 15.0 Å². The lowest BCUT2D eigenvalue weighted by atomic mass is 10.1. The van der Waals surface area contributed by atoms with Crippen molar-refractivity contribution in [3.05, 3.63) is 42.4 Å². The number of aryl methyl sites for hydroxylation is 1. The number of alkyl halides is 1. The van der Waals surface area contributed by atoms with Gasteiger partial charge in [0.1, 0.15) is 30.6 Å². The fraction of sp³-hybridized carbons (Fsp3) is 0.480. The molecule has 11 heteroatoms. The van der Waals surface area contributed by atoms with Gasteiger partial charge in [0.2, 0.25) is 5.88 Å². The third kappa shape index (κ3) is 5.74. The second-order valence-corrected chi connectivity index (χ2v) is 11.2. The summed E-state index contributed by atoms with van der Waals surface area (Å²) in [5.41, 5.74) is 2.92. The van der Waals surface area contributed by atoms with E-state index in [2.05, 4.69) is 24.6 Å². The molecule has 0 aliphatic carbocycles. The van der Waals surface area contributed by atoms with Crippen molar-refractivity contribution in [3.8, 4) is 5.88 Å². The molecule has 1 aromatic carbocycles. The van der Waals surface area contributed by atoms with E-state index in [0.29, 0.717) is 53.3 Å². The molecule has 36 heavy (non-hydrogen) atoms. The number of benzene rings is 1. The van der Waals surface area contributed by atoms with Crippen LogP contribution in [0.5, 0.6) is 5.88 Å². The van der Waals surface area contributed by atoms with Crippen LogP contribution in [0, 0.1) is 6.92 Å².